The third kappa shape index (κ3) is 5.01. The quantitative estimate of drug-likeness (QED) is 0.233. The number of carbonyl (C=O) groups is 1. The number of methoxy groups -OCH3 is 1. The molecule has 0 atom stereocenters. The Morgan fingerprint density at radius 1 is 1.25 bits per heavy atom. The lowest BCUT2D eigenvalue weighted by Gasteiger charge is -2.12. The number of alkyl halides is 4. The highest BCUT2D eigenvalue weighted by Crippen LogP contribution is 2.35. The van der Waals surface area contributed by atoms with E-state index in [1.807, 2.05) is 6.92 Å². The van der Waals surface area contributed by atoms with Gasteiger partial charge in [-0.15, -0.1) is 0 Å². The van der Waals surface area contributed by atoms with Crippen LogP contribution in [0.2, 0.25) is 5.02 Å². The van der Waals surface area contributed by atoms with Crippen molar-refractivity contribution in [2.75, 3.05) is 7.11 Å². The third-order valence-electron chi connectivity index (χ3n) is 4.66. The molecule has 170 valence electrons. The van der Waals surface area contributed by atoms with Gasteiger partial charge in [-0.3, -0.25) is 14.2 Å². The summed E-state index contributed by atoms with van der Waals surface area (Å²) in [6, 6.07) is 4.83. The van der Waals surface area contributed by atoms with Gasteiger partial charge in [0.2, 0.25) is 0 Å². The first-order chi connectivity index (χ1) is 15.2. The maximum absolute atomic E-state index is 13.5. The molecule has 0 aliphatic carbocycles. The fourth-order valence-corrected chi connectivity index (χ4v) is 3.36. The summed E-state index contributed by atoms with van der Waals surface area (Å²) >= 11 is 5.72. The van der Waals surface area contributed by atoms with Gasteiger partial charge in [0.15, 0.2) is 5.78 Å². The van der Waals surface area contributed by atoms with Crippen molar-refractivity contribution in [3.05, 3.63) is 69.8 Å². The number of hydrogen-bond acceptors (Lipinski definition) is 4. The number of ether oxygens (including phenoxy) is 1. The van der Waals surface area contributed by atoms with Crippen molar-refractivity contribution in [2.45, 2.75) is 32.9 Å². The molecule has 0 amide bonds. The van der Waals surface area contributed by atoms with E-state index < -0.39 is 29.3 Å². The van der Waals surface area contributed by atoms with Gasteiger partial charge in [-0.25, -0.2) is 17.6 Å². The fourth-order valence-electron chi connectivity index (χ4n) is 3.06. The first kappa shape index (κ1) is 23.5. The van der Waals surface area contributed by atoms with E-state index in [0.717, 1.165) is 4.68 Å². The molecule has 2 aromatic heterocycles. The van der Waals surface area contributed by atoms with E-state index in [-0.39, 0.29) is 12.3 Å². The number of rotatable bonds is 9. The molecule has 32 heavy (non-hydrogen) atoms. The third-order valence-corrected chi connectivity index (χ3v) is 5.05. The van der Waals surface area contributed by atoms with Crippen LogP contribution in [0.5, 0.6) is 5.75 Å². The zero-order valence-corrected chi connectivity index (χ0v) is 17.9. The SMILES string of the molecule is CCn1cc(C(=O)/C=C/c2ccc(OC)c(Cn3nc(C(F)F)c(Cl)c3C(F)F)c2)cn1. The topological polar surface area (TPSA) is 61.9 Å². The van der Waals surface area contributed by atoms with E-state index in [1.165, 1.54) is 19.4 Å². The summed E-state index contributed by atoms with van der Waals surface area (Å²) in [5.41, 5.74) is -0.321. The Kier molecular flexibility index (Phi) is 7.34. The molecule has 0 bridgehead atoms. The van der Waals surface area contributed by atoms with E-state index in [2.05, 4.69) is 10.2 Å². The van der Waals surface area contributed by atoms with E-state index in [9.17, 15) is 22.4 Å². The molecular weight excluding hydrogens is 452 g/mol. The molecule has 0 aliphatic rings. The molecule has 0 N–H and O–H groups in total. The van der Waals surface area contributed by atoms with Gasteiger partial charge in [0.25, 0.3) is 12.9 Å². The number of carbonyl (C=O) groups excluding carboxylic acids is 1. The Hall–Kier alpha value is -3.14. The average molecular weight is 471 g/mol. The summed E-state index contributed by atoms with van der Waals surface area (Å²) in [7, 11) is 1.39. The second-order valence-electron chi connectivity index (χ2n) is 6.70. The van der Waals surface area contributed by atoms with Gasteiger partial charge < -0.3 is 4.74 Å². The lowest BCUT2D eigenvalue weighted by Crippen LogP contribution is -2.08. The summed E-state index contributed by atoms with van der Waals surface area (Å²) in [5, 5.41) is 6.86. The van der Waals surface area contributed by atoms with Crippen LogP contribution in [0, 0.1) is 0 Å². The fraction of sp³-hybridized carbons (Fsp3) is 0.286. The Labute approximate surface area is 186 Å². The van der Waals surface area contributed by atoms with Crippen LogP contribution in [0.25, 0.3) is 6.08 Å². The van der Waals surface area contributed by atoms with Gasteiger partial charge >= 0.3 is 0 Å². The van der Waals surface area contributed by atoms with Crippen LogP contribution in [0.15, 0.2) is 36.7 Å². The maximum Gasteiger partial charge on any atom is 0.283 e. The summed E-state index contributed by atoms with van der Waals surface area (Å²) in [4.78, 5) is 12.3. The van der Waals surface area contributed by atoms with Crippen molar-refractivity contribution in [3.8, 4) is 5.75 Å². The molecule has 6 nitrogen and oxygen atoms in total. The Morgan fingerprint density at radius 3 is 2.59 bits per heavy atom. The zero-order valence-electron chi connectivity index (χ0n) is 17.1. The van der Waals surface area contributed by atoms with Crippen LogP contribution >= 0.6 is 11.6 Å². The molecule has 0 unspecified atom stereocenters. The van der Waals surface area contributed by atoms with Gasteiger partial charge in [0.05, 0.1) is 30.4 Å². The number of aromatic nitrogens is 4. The minimum Gasteiger partial charge on any atom is -0.496 e. The highest BCUT2D eigenvalue weighted by atomic mass is 35.5. The minimum atomic E-state index is -3.10. The summed E-state index contributed by atoms with van der Waals surface area (Å²) < 4.78 is 60.7. The molecule has 3 rings (SSSR count). The van der Waals surface area contributed by atoms with E-state index in [0.29, 0.717) is 29.0 Å². The van der Waals surface area contributed by atoms with Crippen LogP contribution in [-0.2, 0) is 13.1 Å². The Balaban J connectivity index is 1.90. The highest BCUT2D eigenvalue weighted by molar-refractivity contribution is 6.32. The first-order valence-corrected chi connectivity index (χ1v) is 9.87. The summed E-state index contributed by atoms with van der Waals surface area (Å²) in [6.45, 7) is 2.24. The number of halogens is 5. The predicted molar refractivity (Wildman–Crippen MR) is 111 cm³/mol. The average Bonchev–Trinajstić information content (AvgIpc) is 3.36. The van der Waals surface area contributed by atoms with E-state index >= 15 is 0 Å². The zero-order chi connectivity index (χ0) is 23.4. The lowest BCUT2D eigenvalue weighted by molar-refractivity contribution is 0.104. The number of allylic oxidation sites excluding steroid dienone is 1. The van der Waals surface area contributed by atoms with Crippen molar-refractivity contribution in [1.29, 1.82) is 0 Å². The van der Waals surface area contributed by atoms with Crippen molar-refractivity contribution in [2.24, 2.45) is 0 Å². The lowest BCUT2D eigenvalue weighted by atomic mass is 10.1. The molecule has 0 fully saturated rings. The van der Waals surface area contributed by atoms with Gasteiger partial charge in [0.1, 0.15) is 17.1 Å². The first-order valence-electron chi connectivity index (χ1n) is 9.49. The minimum absolute atomic E-state index is 0.262. The van der Waals surface area contributed by atoms with Gasteiger partial charge in [-0.05, 0) is 30.7 Å². The molecule has 0 aliphatic heterocycles. The molecule has 1 aromatic carbocycles. The molecule has 11 heteroatoms. The molecule has 0 saturated heterocycles. The molecular formula is C21H19ClF4N4O2. The molecule has 3 aromatic rings. The second-order valence-corrected chi connectivity index (χ2v) is 7.08. The van der Waals surface area contributed by atoms with Crippen molar-refractivity contribution in [1.82, 2.24) is 19.6 Å². The monoisotopic (exact) mass is 470 g/mol. The van der Waals surface area contributed by atoms with Crippen LogP contribution in [0.3, 0.4) is 0 Å². The van der Waals surface area contributed by atoms with Gasteiger partial charge in [-0.1, -0.05) is 23.7 Å². The van der Waals surface area contributed by atoms with Crippen molar-refractivity contribution < 1.29 is 27.1 Å². The van der Waals surface area contributed by atoms with Gasteiger partial charge in [-0.2, -0.15) is 10.2 Å². The molecule has 0 radical (unpaired) electrons. The normalized spacial score (nSPS) is 11.8. The molecule has 0 spiro atoms. The van der Waals surface area contributed by atoms with Crippen LogP contribution < -0.4 is 4.74 Å². The number of ketones is 1. The number of nitrogens with zero attached hydrogens (tertiary/aromatic N) is 4. The maximum atomic E-state index is 13.5. The second kappa shape index (κ2) is 9.99. The Bertz CT molecular complexity index is 1140. The Morgan fingerprint density at radius 2 is 2.00 bits per heavy atom. The number of aryl methyl sites for hydroxylation is 1. The predicted octanol–water partition coefficient (Wildman–Crippen LogP) is 5.58. The molecule has 0 saturated carbocycles. The van der Waals surface area contributed by atoms with Gasteiger partial charge in [0, 0.05) is 18.3 Å². The largest absolute Gasteiger partial charge is 0.496 e. The van der Waals surface area contributed by atoms with Crippen molar-refractivity contribution >= 4 is 23.5 Å². The van der Waals surface area contributed by atoms with E-state index in [4.69, 9.17) is 16.3 Å². The number of hydrogen-bond donors (Lipinski definition) is 0. The van der Waals surface area contributed by atoms with Crippen LogP contribution in [0.4, 0.5) is 17.6 Å². The van der Waals surface area contributed by atoms with Crippen LogP contribution in [0.1, 0.15) is 52.6 Å². The highest BCUT2D eigenvalue weighted by Gasteiger charge is 2.28. The molecule has 2 heterocycles. The summed E-state index contributed by atoms with van der Waals surface area (Å²) in [5.74, 6) is 0.0747. The summed E-state index contributed by atoms with van der Waals surface area (Å²) in [6.07, 6.45) is -0.210. The van der Waals surface area contributed by atoms with Crippen LogP contribution in [-0.4, -0.2) is 32.5 Å². The van der Waals surface area contributed by atoms with Crippen molar-refractivity contribution in [3.63, 3.8) is 0 Å². The smallest absolute Gasteiger partial charge is 0.283 e. The number of benzene rings is 1. The van der Waals surface area contributed by atoms with E-state index in [1.54, 1.807) is 35.2 Å². The standard InChI is InChI=1S/C21H19ClF4N4O2/c1-3-29-10-14(9-27-29)15(31)6-4-12-5-7-16(32-2)13(8-12)11-30-19(21(25)26)17(22)18(28-30)20(23)24/h4-10,20-21H,3,11H2,1-2H3/b6-4+.